The molecule has 0 atom stereocenters. The van der Waals surface area contributed by atoms with E-state index in [0.717, 1.165) is 5.56 Å². The van der Waals surface area contributed by atoms with Crippen molar-refractivity contribution in [2.24, 2.45) is 0 Å². The number of pyridine rings is 1. The van der Waals surface area contributed by atoms with Crippen molar-refractivity contribution in [1.29, 1.82) is 0 Å². The Morgan fingerprint density at radius 1 is 0.741 bits per heavy atom. The zero-order valence-corrected chi connectivity index (χ0v) is 16.3. The number of methoxy groups -OCH3 is 2. The molecule has 0 radical (unpaired) electrons. The SMILES string of the molecule is COc1ccc(OP(=O)(Oc2ccc(OC)cc2)[n+]2cccc(C)c2)cc1. The summed E-state index contributed by atoms with van der Waals surface area (Å²) in [5.74, 6) is 2.16. The predicted octanol–water partition coefficient (Wildman–Crippen LogP) is 4.41. The summed E-state index contributed by atoms with van der Waals surface area (Å²) in [7, 11) is -0.596. The van der Waals surface area contributed by atoms with Crippen molar-refractivity contribution in [2.45, 2.75) is 6.92 Å². The van der Waals surface area contributed by atoms with E-state index in [1.54, 1.807) is 81.2 Å². The Hall–Kier alpha value is -2.98. The monoisotopic (exact) mass is 386 g/mol. The lowest BCUT2D eigenvalue weighted by molar-refractivity contribution is -0.536. The number of nitrogens with zero attached hydrogens (tertiary/aromatic N) is 1. The standard InChI is InChI=1S/C20H21NO5P/c1-16-5-4-14-21(15-16)27(22,25-19-10-6-17(23-2)7-11-19)26-20-12-8-18(24-3)9-13-20/h4-15H,1-3H3/q+1. The van der Waals surface area contributed by atoms with Gasteiger partial charge in [0.05, 0.1) is 14.2 Å². The first-order valence-electron chi connectivity index (χ1n) is 8.28. The maximum atomic E-state index is 13.7. The minimum Gasteiger partial charge on any atom is -0.497 e. The second-order valence-electron chi connectivity index (χ2n) is 5.76. The highest BCUT2D eigenvalue weighted by molar-refractivity contribution is 7.47. The largest absolute Gasteiger partial charge is 0.728 e. The Morgan fingerprint density at radius 2 is 1.19 bits per heavy atom. The molecule has 6 nitrogen and oxygen atoms in total. The summed E-state index contributed by atoms with van der Waals surface area (Å²) >= 11 is 0. The summed E-state index contributed by atoms with van der Waals surface area (Å²) in [5, 5.41) is 0. The first-order chi connectivity index (χ1) is 13.0. The van der Waals surface area contributed by atoms with Crippen LogP contribution in [0.4, 0.5) is 0 Å². The fraction of sp³-hybridized carbons (Fsp3) is 0.150. The van der Waals surface area contributed by atoms with Crippen LogP contribution in [0.25, 0.3) is 0 Å². The van der Waals surface area contributed by atoms with Crippen LogP contribution in [0, 0.1) is 6.92 Å². The lowest BCUT2D eigenvalue weighted by Gasteiger charge is -2.14. The van der Waals surface area contributed by atoms with Crippen LogP contribution in [0.15, 0.2) is 73.1 Å². The summed E-state index contributed by atoms with van der Waals surface area (Å²) in [6.07, 6.45) is 3.37. The highest BCUT2D eigenvalue weighted by Gasteiger charge is 2.42. The summed E-state index contributed by atoms with van der Waals surface area (Å²) in [4.78, 5) is 0. The summed E-state index contributed by atoms with van der Waals surface area (Å²) < 4.78 is 37.0. The Morgan fingerprint density at radius 3 is 1.59 bits per heavy atom. The Kier molecular flexibility index (Phi) is 5.67. The molecule has 1 aromatic heterocycles. The summed E-state index contributed by atoms with van der Waals surface area (Å²) in [6.45, 7) is 1.90. The van der Waals surface area contributed by atoms with Crippen LogP contribution in [-0.4, -0.2) is 14.2 Å². The number of aromatic nitrogens is 1. The predicted molar refractivity (Wildman–Crippen MR) is 102 cm³/mol. The van der Waals surface area contributed by atoms with Crippen molar-refractivity contribution in [3.63, 3.8) is 0 Å². The molecule has 0 N–H and O–H groups in total. The molecule has 0 spiro atoms. The molecular weight excluding hydrogens is 365 g/mol. The Bertz CT molecular complexity index is 888. The molecule has 3 aromatic rings. The average Bonchev–Trinajstić information content (AvgIpc) is 2.69. The zero-order chi connectivity index (χ0) is 19.3. The van der Waals surface area contributed by atoms with Crippen molar-refractivity contribution < 1.29 is 27.4 Å². The smallest absolute Gasteiger partial charge is 0.497 e. The summed E-state index contributed by atoms with van der Waals surface area (Å²) in [5.41, 5.74) is 0.925. The quantitative estimate of drug-likeness (QED) is 0.563. The lowest BCUT2D eigenvalue weighted by atomic mass is 10.3. The van der Waals surface area contributed by atoms with E-state index in [2.05, 4.69) is 0 Å². The van der Waals surface area contributed by atoms with Gasteiger partial charge in [-0.05, 0) is 61.5 Å². The van der Waals surface area contributed by atoms with Crippen LogP contribution in [0.3, 0.4) is 0 Å². The minimum absolute atomic E-state index is 0.404. The number of ether oxygens (including phenoxy) is 2. The van der Waals surface area contributed by atoms with E-state index in [-0.39, 0.29) is 0 Å². The van der Waals surface area contributed by atoms with Gasteiger partial charge in [-0.2, -0.15) is 4.57 Å². The zero-order valence-electron chi connectivity index (χ0n) is 15.4. The van der Waals surface area contributed by atoms with Gasteiger partial charge in [0.15, 0.2) is 12.4 Å². The molecule has 0 unspecified atom stereocenters. The van der Waals surface area contributed by atoms with Gasteiger partial charge in [-0.25, -0.2) is 0 Å². The summed E-state index contributed by atoms with van der Waals surface area (Å²) in [6, 6.07) is 17.3. The van der Waals surface area contributed by atoms with E-state index in [9.17, 15) is 4.57 Å². The van der Waals surface area contributed by atoms with Crippen molar-refractivity contribution in [3.05, 3.63) is 78.6 Å². The highest BCUT2D eigenvalue weighted by atomic mass is 31.2. The maximum absolute atomic E-state index is 13.7. The van der Waals surface area contributed by atoms with Crippen LogP contribution in [0.1, 0.15) is 5.56 Å². The molecule has 0 saturated heterocycles. The molecule has 0 aliphatic rings. The van der Waals surface area contributed by atoms with Gasteiger partial charge < -0.3 is 18.5 Å². The second-order valence-corrected chi connectivity index (χ2v) is 7.53. The second kappa shape index (κ2) is 8.14. The van der Waals surface area contributed by atoms with Gasteiger partial charge in [-0.15, -0.1) is 0 Å². The first kappa shape index (κ1) is 18.8. The van der Waals surface area contributed by atoms with Gasteiger partial charge in [0.2, 0.25) is 0 Å². The number of hydrogen-bond donors (Lipinski definition) is 0. The third kappa shape index (κ3) is 4.60. The third-order valence-corrected chi connectivity index (χ3v) is 5.47. The van der Waals surface area contributed by atoms with Gasteiger partial charge in [0.1, 0.15) is 23.0 Å². The fourth-order valence-corrected chi connectivity index (χ4v) is 3.95. The van der Waals surface area contributed by atoms with E-state index < -0.39 is 7.75 Å². The molecule has 3 rings (SSSR count). The normalized spacial score (nSPS) is 10.9. The molecule has 0 saturated carbocycles. The number of hydrogen-bond acceptors (Lipinski definition) is 5. The first-order valence-corrected chi connectivity index (χ1v) is 9.78. The van der Waals surface area contributed by atoms with Crippen molar-refractivity contribution in [2.75, 3.05) is 14.2 Å². The third-order valence-electron chi connectivity index (χ3n) is 3.78. The molecule has 27 heavy (non-hydrogen) atoms. The van der Waals surface area contributed by atoms with Gasteiger partial charge in [-0.3, -0.25) is 0 Å². The maximum Gasteiger partial charge on any atom is 0.728 e. The van der Waals surface area contributed by atoms with Gasteiger partial charge in [0.25, 0.3) is 0 Å². The van der Waals surface area contributed by atoms with E-state index in [4.69, 9.17) is 18.5 Å². The van der Waals surface area contributed by atoms with Gasteiger partial charge in [-0.1, -0.05) is 4.34 Å². The molecule has 0 amide bonds. The number of aryl methyl sites for hydroxylation is 1. The van der Waals surface area contributed by atoms with E-state index in [1.165, 1.54) is 4.34 Å². The average molecular weight is 386 g/mol. The van der Waals surface area contributed by atoms with E-state index in [1.807, 2.05) is 13.0 Å². The van der Waals surface area contributed by atoms with Crippen LogP contribution < -0.4 is 22.9 Å². The van der Waals surface area contributed by atoms with Gasteiger partial charge in [0, 0.05) is 11.6 Å². The lowest BCUT2D eigenvalue weighted by Crippen LogP contribution is -2.35. The van der Waals surface area contributed by atoms with Crippen molar-refractivity contribution in [3.8, 4) is 23.0 Å². The number of rotatable bonds is 7. The van der Waals surface area contributed by atoms with Crippen LogP contribution in [0.2, 0.25) is 0 Å². The molecule has 0 bridgehead atoms. The Balaban J connectivity index is 1.95. The van der Waals surface area contributed by atoms with E-state index in [0.29, 0.717) is 23.0 Å². The highest BCUT2D eigenvalue weighted by Crippen LogP contribution is 2.44. The molecule has 140 valence electrons. The molecule has 1 heterocycles. The van der Waals surface area contributed by atoms with Crippen LogP contribution in [0.5, 0.6) is 23.0 Å². The fourth-order valence-electron chi connectivity index (χ4n) is 2.38. The molecule has 0 fully saturated rings. The minimum atomic E-state index is -3.75. The van der Waals surface area contributed by atoms with E-state index >= 15 is 0 Å². The van der Waals surface area contributed by atoms with Crippen LogP contribution >= 0.6 is 7.75 Å². The van der Waals surface area contributed by atoms with Gasteiger partial charge >= 0.3 is 7.75 Å². The molecular formula is C20H21NO5P+. The Labute approximate surface area is 158 Å². The number of benzene rings is 2. The topological polar surface area (TPSA) is 57.9 Å². The van der Waals surface area contributed by atoms with Crippen LogP contribution in [-0.2, 0) is 4.57 Å². The molecule has 0 aliphatic heterocycles. The molecule has 0 aliphatic carbocycles. The molecule has 7 heteroatoms. The van der Waals surface area contributed by atoms with Crippen molar-refractivity contribution in [1.82, 2.24) is 0 Å². The molecule has 2 aromatic carbocycles. The van der Waals surface area contributed by atoms with Crippen molar-refractivity contribution >= 4 is 7.75 Å².